The number of carbonyl (C=O) groups is 2. The molecule has 0 aromatic heterocycles. The fourth-order valence-corrected chi connectivity index (χ4v) is 7.03. The Bertz CT molecular complexity index is 1920. The third-order valence-electron chi connectivity index (χ3n) is 7.91. The molecule has 300 valence electrons. The number of hydrogen-bond acceptors (Lipinski definition) is 15. The molecule has 0 atom stereocenters. The summed E-state index contributed by atoms with van der Waals surface area (Å²) >= 11 is 0. The molecule has 0 unspecified atom stereocenters. The Kier molecular flexibility index (Phi) is 13.5. The number of anilines is 4. The van der Waals surface area contributed by atoms with Crippen molar-refractivity contribution < 1.29 is 45.7 Å². The van der Waals surface area contributed by atoms with E-state index in [2.05, 4.69) is 0 Å². The molecule has 0 spiro atoms. The van der Waals surface area contributed by atoms with Crippen molar-refractivity contribution in [3.63, 3.8) is 0 Å². The SMILES string of the molecule is CC(C)(C)OC(=O)N(C(=O)OC(C)(C)C)c1ccc(N2CCN(S(C)(=O)=O)CC2)cc1[N+](=O)[O-].CS(=O)(=O)N1CCN(c2ccc(N)c([N+](=O)[O-])c2)CC1. The Labute approximate surface area is 314 Å². The Morgan fingerprint density at radius 1 is 0.667 bits per heavy atom. The fraction of sp³-hybridized carbons (Fsp3) is 0.562. The maximum absolute atomic E-state index is 12.9. The van der Waals surface area contributed by atoms with E-state index in [4.69, 9.17) is 15.2 Å². The third kappa shape index (κ3) is 12.1. The molecule has 0 radical (unpaired) electrons. The second kappa shape index (κ2) is 16.7. The molecule has 22 heteroatoms. The van der Waals surface area contributed by atoms with Crippen LogP contribution < -0.4 is 20.4 Å². The van der Waals surface area contributed by atoms with Gasteiger partial charge in [0.1, 0.15) is 22.6 Å². The van der Waals surface area contributed by atoms with Gasteiger partial charge in [-0.15, -0.1) is 0 Å². The first-order valence-corrected chi connectivity index (χ1v) is 20.4. The smallest absolute Gasteiger partial charge is 0.424 e. The van der Waals surface area contributed by atoms with E-state index < -0.39 is 59.0 Å². The van der Waals surface area contributed by atoms with E-state index in [1.807, 2.05) is 4.90 Å². The molecular formula is C32H48N8O12S2. The molecular weight excluding hydrogens is 753 g/mol. The summed E-state index contributed by atoms with van der Waals surface area (Å²) in [5.74, 6) is 0. The van der Waals surface area contributed by atoms with Crippen LogP contribution in [0.3, 0.4) is 0 Å². The zero-order valence-electron chi connectivity index (χ0n) is 31.5. The predicted octanol–water partition coefficient (Wildman–Crippen LogP) is 3.61. The van der Waals surface area contributed by atoms with E-state index in [0.29, 0.717) is 55.5 Å². The van der Waals surface area contributed by atoms with Gasteiger partial charge < -0.3 is 25.0 Å². The monoisotopic (exact) mass is 800 g/mol. The summed E-state index contributed by atoms with van der Waals surface area (Å²) in [5.41, 5.74) is 3.94. The van der Waals surface area contributed by atoms with Gasteiger partial charge in [0.2, 0.25) is 20.0 Å². The number of sulfonamides is 2. The lowest BCUT2D eigenvalue weighted by atomic mass is 10.2. The predicted molar refractivity (Wildman–Crippen MR) is 203 cm³/mol. The number of rotatable bonds is 7. The van der Waals surface area contributed by atoms with Crippen molar-refractivity contribution in [2.24, 2.45) is 0 Å². The van der Waals surface area contributed by atoms with Crippen molar-refractivity contribution in [3.8, 4) is 0 Å². The first-order valence-electron chi connectivity index (χ1n) is 16.7. The van der Waals surface area contributed by atoms with Crippen LogP contribution in [0.5, 0.6) is 0 Å². The van der Waals surface area contributed by atoms with Gasteiger partial charge in [-0.1, -0.05) is 0 Å². The van der Waals surface area contributed by atoms with Gasteiger partial charge >= 0.3 is 12.2 Å². The Hall–Kier alpha value is -4.80. The third-order valence-corrected chi connectivity index (χ3v) is 10.5. The summed E-state index contributed by atoms with van der Waals surface area (Å²) in [6.07, 6.45) is 0.0831. The maximum atomic E-state index is 12.9. The van der Waals surface area contributed by atoms with Crippen LogP contribution in [0.2, 0.25) is 0 Å². The summed E-state index contributed by atoms with van der Waals surface area (Å²) in [5, 5.41) is 22.8. The largest absolute Gasteiger partial charge is 0.443 e. The zero-order valence-corrected chi connectivity index (χ0v) is 33.2. The second-order valence-corrected chi connectivity index (χ2v) is 18.5. The van der Waals surface area contributed by atoms with Gasteiger partial charge in [0.05, 0.1) is 22.4 Å². The summed E-state index contributed by atoms with van der Waals surface area (Å²) in [7, 11) is -6.51. The number of imide groups is 1. The number of hydrogen-bond donors (Lipinski definition) is 1. The quantitative estimate of drug-likeness (QED) is 0.239. The Morgan fingerprint density at radius 3 is 1.35 bits per heavy atom. The molecule has 20 nitrogen and oxygen atoms in total. The molecule has 2 aliphatic rings. The highest BCUT2D eigenvalue weighted by atomic mass is 32.2. The van der Waals surface area contributed by atoms with E-state index in [1.165, 1.54) is 45.2 Å². The number of nitro groups is 2. The molecule has 0 aliphatic carbocycles. The highest BCUT2D eigenvalue weighted by molar-refractivity contribution is 7.88. The van der Waals surface area contributed by atoms with Crippen LogP contribution in [-0.2, 0) is 29.5 Å². The maximum Gasteiger partial charge on any atom is 0.424 e. The molecule has 2 saturated heterocycles. The van der Waals surface area contributed by atoms with Gasteiger partial charge in [-0.05, 0) is 65.8 Å². The summed E-state index contributed by atoms with van der Waals surface area (Å²) < 4.78 is 59.7. The van der Waals surface area contributed by atoms with Crippen molar-refractivity contribution >= 4 is 66.4 Å². The van der Waals surface area contributed by atoms with E-state index in [-0.39, 0.29) is 30.2 Å². The number of amides is 2. The van der Waals surface area contributed by atoms with Gasteiger partial charge in [-0.3, -0.25) is 20.2 Å². The minimum absolute atomic E-state index is 0.119. The molecule has 4 rings (SSSR count). The van der Waals surface area contributed by atoms with Gasteiger partial charge in [0.25, 0.3) is 11.4 Å². The van der Waals surface area contributed by atoms with E-state index in [0.717, 1.165) is 6.26 Å². The van der Waals surface area contributed by atoms with Crippen molar-refractivity contribution in [1.29, 1.82) is 0 Å². The molecule has 2 aromatic rings. The number of benzene rings is 2. The van der Waals surface area contributed by atoms with Crippen LogP contribution in [0.25, 0.3) is 0 Å². The lowest BCUT2D eigenvalue weighted by molar-refractivity contribution is -0.384. The number of nitrogens with zero attached hydrogens (tertiary/aromatic N) is 7. The van der Waals surface area contributed by atoms with E-state index >= 15 is 0 Å². The van der Waals surface area contributed by atoms with Gasteiger partial charge in [-0.2, -0.15) is 13.5 Å². The van der Waals surface area contributed by atoms with Gasteiger partial charge in [0, 0.05) is 75.9 Å². The van der Waals surface area contributed by atoms with Crippen LogP contribution in [0.15, 0.2) is 36.4 Å². The minimum atomic E-state index is -3.33. The van der Waals surface area contributed by atoms with E-state index in [1.54, 1.807) is 52.5 Å². The lowest BCUT2D eigenvalue weighted by Gasteiger charge is -2.35. The summed E-state index contributed by atoms with van der Waals surface area (Å²) in [4.78, 5) is 51.6. The molecule has 2 amide bonds. The number of nitrogens with two attached hydrogens (primary N) is 1. The molecule has 2 N–H and O–H groups in total. The first kappa shape index (κ1) is 43.6. The molecule has 2 fully saturated rings. The first-order chi connectivity index (χ1) is 24.7. The summed E-state index contributed by atoms with van der Waals surface area (Å²) in [6.45, 7) is 12.5. The molecule has 2 aliphatic heterocycles. The van der Waals surface area contributed by atoms with Gasteiger partial charge in [0.15, 0.2) is 0 Å². The van der Waals surface area contributed by atoms with Crippen LogP contribution >= 0.6 is 0 Å². The van der Waals surface area contributed by atoms with Crippen LogP contribution in [-0.4, -0.2) is 124 Å². The van der Waals surface area contributed by atoms with Crippen LogP contribution in [0, 0.1) is 20.2 Å². The topological polar surface area (TPSA) is 249 Å². The molecule has 0 bridgehead atoms. The van der Waals surface area contributed by atoms with Crippen LogP contribution in [0.1, 0.15) is 41.5 Å². The zero-order chi connectivity index (χ0) is 41.0. The number of carbonyl (C=O) groups excluding carboxylic acids is 2. The van der Waals surface area contributed by atoms with Crippen molar-refractivity contribution in [3.05, 3.63) is 56.6 Å². The van der Waals surface area contributed by atoms with Crippen LogP contribution in [0.4, 0.5) is 43.7 Å². The average molecular weight is 801 g/mol. The normalized spacial score (nSPS) is 16.1. The van der Waals surface area contributed by atoms with Crippen molar-refractivity contribution in [2.75, 3.05) is 85.3 Å². The number of ether oxygens (including phenoxy) is 2. The number of nitro benzene ring substituents is 2. The standard InChI is InChI=1S/C21H32N4O8S.C11H16N4O4S/c1-20(2,3)32-18(26)24(19(27)33-21(4,5)6)16-9-8-15(14-17(16)25(28)29)22-10-12-23(13-11-22)34(7,30)31;1-20(18,19)14-6-4-13(5-7-14)9-2-3-10(12)11(8-9)15(16)17/h8-9,14H,10-13H2,1-7H3;2-3,8H,4-7,12H2,1H3. The number of piperazine rings is 2. The average Bonchev–Trinajstić information content (AvgIpc) is 3.03. The number of nitrogen functional groups attached to an aromatic ring is 1. The molecule has 2 heterocycles. The van der Waals surface area contributed by atoms with Gasteiger partial charge in [-0.25, -0.2) is 26.4 Å². The molecule has 54 heavy (non-hydrogen) atoms. The Morgan fingerprint density at radius 2 is 1.02 bits per heavy atom. The van der Waals surface area contributed by atoms with E-state index in [9.17, 15) is 46.7 Å². The van der Waals surface area contributed by atoms with Crippen molar-refractivity contribution in [2.45, 2.75) is 52.7 Å². The fourth-order valence-electron chi connectivity index (χ4n) is 5.37. The minimum Gasteiger partial charge on any atom is -0.443 e. The highest BCUT2D eigenvalue weighted by Crippen LogP contribution is 2.35. The summed E-state index contributed by atoms with van der Waals surface area (Å²) in [6, 6.07) is 8.68. The highest BCUT2D eigenvalue weighted by Gasteiger charge is 2.37. The second-order valence-electron chi connectivity index (χ2n) is 14.5. The molecule has 0 saturated carbocycles. The lowest BCUT2D eigenvalue weighted by Crippen LogP contribution is -2.48. The molecule has 2 aromatic carbocycles. The Balaban J connectivity index is 0.000000331. The van der Waals surface area contributed by atoms with Crippen molar-refractivity contribution in [1.82, 2.24) is 8.61 Å².